The Labute approximate surface area is 143 Å². The van der Waals surface area contributed by atoms with Crippen molar-refractivity contribution in [2.45, 2.75) is 30.9 Å². The first-order valence-corrected chi connectivity index (χ1v) is 8.64. The molecule has 0 spiro atoms. The summed E-state index contributed by atoms with van der Waals surface area (Å²) in [6, 6.07) is -0.557. The third-order valence-electron chi connectivity index (χ3n) is 3.52. The van der Waals surface area contributed by atoms with Crippen molar-refractivity contribution in [3.05, 3.63) is 19.5 Å². The van der Waals surface area contributed by atoms with Crippen LogP contribution in [0.4, 0.5) is 5.82 Å². The van der Waals surface area contributed by atoms with E-state index < -0.39 is 34.8 Å². The maximum absolute atomic E-state index is 12.3. The van der Waals surface area contributed by atoms with Gasteiger partial charge in [-0.3, -0.25) is 14.2 Å². The summed E-state index contributed by atoms with van der Waals surface area (Å²) < 4.78 is 7.04. The van der Waals surface area contributed by atoms with E-state index in [1.807, 2.05) is 0 Å². The molecule has 3 heterocycles. The molecule has 1 fully saturated rings. The Balaban J connectivity index is 1.95. The maximum Gasteiger partial charge on any atom is 0.311 e. The third-order valence-corrected chi connectivity index (χ3v) is 5.77. The Morgan fingerprint density at radius 3 is 2.88 bits per heavy atom. The summed E-state index contributed by atoms with van der Waals surface area (Å²) in [6.45, 7) is 1.63. The van der Waals surface area contributed by atoms with Gasteiger partial charge in [0.1, 0.15) is 28.4 Å². The number of rotatable bonds is 4. The van der Waals surface area contributed by atoms with Crippen molar-refractivity contribution < 1.29 is 9.53 Å². The lowest BCUT2D eigenvalue weighted by molar-refractivity contribution is 0.0109. The van der Waals surface area contributed by atoms with Crippen LogP contribution in [0.1, 0.15) is 22.8 Å². The Morgan fingerprint density at radius 1 is 1.46 bits per heavy atom. The number of carbonyl (C=O) groups is 1. The van der Waals surface area contributed by atoms with E-state index in [-0.39, 0.29) is 10.7 Å². The molecule has 1 aromatic rings. The number of thiazole rings is 1. The number of hydrogen-bond acceptors (Lipinski definition) is 11. The third kappa shape index (κ3) is 2.66. The van der Waals surface area contributed by atoms with Gasteiger partial charge < -0.3 is 15.9 Å². The zero-order chi connectivity index (χ0) is 17.4. The van der Waals surface area contributed by atoms with Gasteiger partial charge in [0.25, 0.3) is 5.91 Å². The van der Waals surface area contributed by atoms with Gasteiger partial charge in [-0.25, -0.2) is 10.9 Å². The highest BCUT2D eigenvalue weighted by atomic mass is 32.2. The molecule has 1 saturated heterocycles. The number of aromatic nitrogens is 1. The van der Waals surface area contributed by atoms with Crippen LogP contribution in [0.25, 0.3) is 0 Å². The first-order chi connectivity index (χ1) is 11.5. The predicted octanol–water partition coefficient (Wildman–Crippen LogP) is 0.00370. The lowest BCUT2D eigenvalue weighted by Crippen LogP contribution is -2.52. The number of nitrogens with one attached hydrogen (secondary N) is 1. The number of amides is 1. The summed E-state index contributed by atoms with van der Waals surface area (Å²) in [7, 11) is 0. The number of hydrazine groups is 1. The highest BCUT2D eigenvalue weighted by Gasteiger charge is 2.39. The van der Waals surface area contributed by atoms with Gasteiger partial charge in [-0.05, 0) is 6.92 Å². The smallest absolute Gasteiger partial charge is 0.311 e. The zero-order valence-corrected chi connectivity index (χ0v) is 14.0. The molecule has 5 N–H and O–H groups in total. The molecular formula is C10H14N8O4S2. The van der Waals surface area contributed by atoms with Crippen LogP contribution >= 0.6 is 23.1 Å². The van der Waals surface area contributed by atoms with Gasteiger partial charge in [-0.2, -0.15) is 4.91 Å². The summed E-state index contributed by atoms with van der Waals surface area (Å²) in [6.07, 6.45) is -1.67. The Bertz CT molecular complexity index is 748. The molecule has 0 radical (unpaired) electrons. The summed E-state index contributed by atoms with van der Waals surface area (Å²) in [5, 5.41) is 13.3. The van der Waals surface area contributed by atoms with Crippen LogP contribution in [0.2, 0.25) is 0 Å². The minimum absolute atomic E-state index is 0.143. The number of nitrogens with two attached hydrogens (primary N) is 2. The van der Waals surface area contributed by atoms with E-state index in [4.69, 9.17) is 16.4 Å². The van der Waals surface area contributed by atoms with Gasteiger partial charge in [-0.1, -0.05) is 21.7 Å². The molecular weight excluding hydrogens is 360 g/mol. The van der Waals surface area contributed by atoms with Crippen LogP contribution in [0.15, 0.2) is 20.3 Å². The van der Waals surface area contributed by atoms with Gasteiger partial charge >= 0.3 is 4.87 Å². The van der Waals surface area contributed by atoms with Crippen molar-refractivity contribution >= 4 is 34.8 Å². The molecule has 0 aliphatic carbocycles. The predicted molar refractivity (Wildman–Crippen MR) is 87.0 cm³/mol. The van der Waals surface area contributed by atoms with Gasteiger partial charge in [0, 0.05) is 5.75 Å². The molecule has 1 aromatic heterocycles. The molecule has 0 saturated carbocycles. The first kappa shape index (κ1) is 16.8. The lowest BCUT2D eigenvalue weighted by Gasteiger charge is -2.30. The van der Waals surface area contributed by atoms with E-state index in [2.05, 4.69) is 20.8 Å². The summed E-state index contributed by atoms with van der Waals surface area (Å²) in [4.78, 5) is 35.0. The van der Waals surface area contributed by atoms with Gasteiger partial charge in [-0.15, -0.1) is 16.9 Å². The normalized spacial score (nSPS) is 28.0. The van der Waals surface area contributed by atoms with Crippen molar-refractivity contribution in [2.75, 3.05) is 11.1 Å². The Kier molecular flexibility index (Phi) is 4.53. The average molecular weight is 374 g/mol. The van der Waals surface area contributed by atoms with Gasteiger partial charge in [0.05, 0.1) is 0 Å². The second-order valence-corrected chi connectivity index (χ2v) is 7.11. The minimum Gasteiger partial charge on any atom is -0.341 e. The van der Waals surface area contributed by atoms with Crippen molar-refractivity contribution in [3.63, 3.8) is 0 Å². The first-order valence-electron chi connectivity index (χ1n) is 6.77. The topological polar surface area (TPSA) is 170 Å². The van der Waals surface area contributed by atoms with E-state index in [1.165, 1.54) is 16.3 Å². The SMILES string of the molecule is CC(N=O)[C@H]1O[C@@H](n2c3c(sc2=O)C(=O)N(N)C(N=NN)N3)CS1. The summed E-state index contributed by atoms with van der Waals surface area (Å²) in [5.74, 6) is 10.7. The minimum atomic E-state index is -1.03. The van der Waals surface area contributed by atoms with Crippen LogP contribution in [-0.2, 0) is 4.74 Å². The summed E-state index contributed by atoms with van der Waals surface area (Å²) >= 11 is 2.12. The van der Waals surface area contributed by atoms with E-state index in [1.54, 1.807) is 6.92 Å². The Hall–Kier alpha value is -2.03. The number of ether oxygens (including phenoxy) is 1. The standard InChI is InChI=1S/C10H14N8O4S2/c1-3(15-21)8-22-4(2-23-8)17-6-5(24-10(17)20)7(19)18(12)9(13-6)14-16-11/h3-4,8-9,13H,2,12H2,1H3,(H2,11,14)/t3?,4-,8+,9?/m1/s1. The zero-order valence-electron chi connectivity index (χ0n) is 12.4. The maximum atomic E-state index is 12.3. The molecule has 2 aliphatic heterocycles. The molecule has 130 valence electrons. The van der Waals surface area contributed by atoms with Gasteiger partial charge in [0.15, 0.2) is 0 Å². The van der Waals surface area contributed by atoms with Crippen molar-refractivity contribution in [1.29, 1.82) is 0 Å². The summed E-state index contributed by atoms with van der Waals surface area (Å²) in [5.41, 5.74) is -0.459. The largest absolute Gasteiger partial charge is 0.341 e. The van der Waals surface area contributed by atoms with Crippen molar-refractivity contribution in [2.24, 2.45) is 27.2 Å². The van der Waals surface area contributed by atoms with Crippen LogP contribution < -0.4 is 21.9 Å². The van der Waals surface area contributed by atoms with Gasteiger partial charge in [0.2, 0.25) is 6.29 Å². The molecule has 1 amide bonds. The highest BCUT2D eigenvalue weighted by Crippen LogP contribution is 2.38. The second-order valence-electron chi connectivity index (χ2n) is 5.02. The molecule has 2 unspecified atom stereocenters. The second kappa shape index (κ2) is 6.46. The Morgan fingerprint density at radius 2 is 2.21 bits per heavy atom. The molecule has 24 heavy (non-hydrogen) atoms. The molecule has 2 aliphatic rings. The number of anilines is 1. The fourth-order valence-electron chi connectivity index (χ4n) is 2.34. The fraction of sp³-hybridized carbons (Fsp3) is 0.600. The number of hydrogen-bond donors (Lipinski definition) is 3. The molecule has 14 heteroatoms. The molecule has 0 bridgehead atoms. The average Bonchev–Trinajstić information content (AvgIpc) is 3.16. The van der Waals surface area contributed by atoms with Crippen LogP contribution in [0.5, 0.6) is 0 Å². The number of carbonyl (C=O) groups excluding carboxylic acids is 1. The fourth-order valence-corrected chi connectivity index (χ4v) is 4.39. The molecule has 3 rings (SSSR count). The van der Waals surface area contributed by atoms with E-state index >= 15 is 0 Å². The lowest BCUT2D eigenvalue weighted by atomic mass is 10.3. The van der Waals surface area contributed by atoms with E-state index in [0.29, 0.717) is 5.75 Å². The van der Waals surface area contributed by atoms with Crippen LogP contribution in [0.3, 0.4) is 0 Å². The quantitative estimate of drug-likeness (QED) is 0.217. The number of thioether (sulfide) groups is 1. The van der Waals surface area contributed by atoms with Crippen molar-refractivity contribution in [3.8, 4) is 0 Å². The molecule has 0 aromatic carbocycles. The van der Waals surface area contributed by atoms with E-state index in [9.17, 15) is 14.5 Å². The highest BCUT2D eigenvalue weighted by molar-refractivity contribution is 8.00. The van der Waals surface area contributed by atoms with E-state index in [0.717, 1.165) is 16.3 Å². The van der Waals surface area contributed by atoms with Crippen molar-refractivity contribution in [1.82, 2.24) is 9.58 Å². The van der Waals surface area contributed by atoms with Crippen LogP contribution in [0, 0.1) is 4.91 Å². The number of nitroso groups, excluding NO2 is 1. The number of fused-ring (bicyclic) bond motifs is 1. The van der Waals surface area contributed by atoms with Crippen LogP contribution in [-0.4, -0.2) is 39.0 Å². The monoisotopic (exact) mass is 374 g/mol. The number of nitrogens with zero attached hydrogens (tertiary/aromatic N) is 5. The molecule has 12 nitrogen and oxygen atoms in total. The molecule has 4 atom stereocenters.